The summed E-state index contributed by atoms with van der Waals surface area (Å²) in [5.41, 5.74) is 0.379. The summed E-state index contributed by atoms with van der Waals surface area (Å²) < 4.78 is 18.8. The normalized spacial score (nSPS) is 19.5. The van der Waals surface area contributed by atoms with Gasteiger partial charge in [0.2, 0.25) is 0 Å². The van der Waals surface area contributed by atoms with Crippen LogP contribution in [-0.4, -0.2) is 30.7 Å². The predicted octanol–water partition coefficient (Wildman–Crippen LogP) is 3.35. The lowest BCUT2D eigenvalue weighted by Gasteiger charge is -2.32. The van der Waals surface area contributed by atoms with Crippen LogP contribution in [-0.2, 0) is 9.31 Å². The van der Waals surface area contributed by atoms with Gasteiger partial charge in [-0.3, -0.25) is 4.79 Å². The molecule has 1 aliphatic heterocycles. The van der Waals surface area contributed by atoms with Crippen molar-refractivity contribution in [2.24, 2.45) is 0 Å². The highest BCUT2D eigenvalue weighted by atomic mass is 79.9. The van der Waals surface area contributed by atoms with Gasteiger partial charge in [-0.25, -0.2) is 0 Å². The molecule has 0 bridgehead atoms. The van der Waals surface area contributed by atoms with Crippen molar-refractivity contribution in [2.75, 3.05) is 0 Å². The summed E-state index contributed by atoms with van der Waals surface area (Å²) in [7, 11) is -0.574. The summed E-state index contributed by atoms with van der Waals surface area (Å²) in [6.07, 6.45) is 0.804. The Hall–Kier alpha value is -0.845. The number of carbonyl (C=O) groups excluding carboxylic acids is 1. The lowest BCUT2D eigenvalue weighted by molar-refractivity contribution is 0.00578. The van der Waals surface area contributed by atoms with Gasteiger partial charge in [0.25, 0.3) is 0 Å². The van der Waals surface area contributed by atoms with Crippen molar-refractivity contribution in [1.82, 2.24) is 0 Å². The van der Waals surface area contributed by atoms with Crippen molar-refractivity contribution >= 4 is 34.8 Å². The molecule has 1 aromatic rings. The van der Waals surface area contributed by atoms with Gasteiger partial charge in [0.05, 0.1) is 21.8 Å². The van der Waals surface area contributed by atoms with Gasteiger partial charge in [-0.05, 0) is 69.6 Å². The second-order valence-corrected chi connectivity index (χ2v) is 7.65. The molecule has 1 aliphatic rings. The Morgan fingerprint density at radius 2 is 1.73 bits per heavy atom. The highest BCUT2D eigenvalue weighted by Crippen LogP contribution is 2.38. The molecule has 1 fully saturated rings. The molecule has 0 aliphatic carbocycles. The zero-order chi connectivity index (χ0) is 16.7. The zero-order valence-electron chi connectivity index (χ0n) is 13.9. The van der Waals surface area contributed by atoms with Gasteiger partial charge in [0.1, 0.15) is 12.0 Å². The third-order valence-corrected chi connectivity index (χ3v) is 4.68. The van der Waals surface area contributed by atoms with Crippen LogP contribution in [0, 0.1) is 0 Å². The Morgan fingerprint density at radius 3 is 2.18 bits per heavy atom. The van der Waals surface area contributed by atoms with Gasteiger partial charge < -0.3 is 14.0 Å². The quantitative estimate of drug-likeness (QED) is 0.603. The highest BCUT2D eigenvalue weighted by molar-refractivity contribution is 9.10. The van der Waals surface area contributed by atoms with E-state index in [-0.39, 0.29) is 6.10 Å². The first-order chi connectivity index (χ1) is 10.1. The maximum Gasteiger partial charge on any atom is 0.498 e. The van der Waals surface area contributed by atoms with E-state index in [0.717, 1.165) is 16.2 Å². The van der Waals surface area contributed by atoms with Crippen LogP contribution in [0.3, 0.4) is 0 Å². The van der Waals surface area contributed by atoms with Crippen molar-refractivity contribution in [3.63, 3.8) is 0 Å². The zero-order valence-corrected chi connectivity index (χ0v) is 15.5. The molecule has 0 radical (unpaired) electrons. The molecule has 0 saturated carbocycles. The largest absolute Gasteiger partial charge is 0.498 e. The second-order valence-electron chi connectivity index (χ2n) is 6.79. The maximum absolute atomic E-state index is 11.2. The first-order valence-corrected chi connectivity index (χ1v) is 8.17. The summed E-state index contributed by atoms with van der Waals surface area (Å²) in [6, 6.07) is 3.50. The third-order valence-electron chi connectivity index (χ3n) is 4.09. The lowest BCUT2D eigenvalue weighted by Crippen LogP contribution is -2.41. The van der Waals surface area contributed by atoms with E-state index in [0.29, 0.717) is 11.3 Å². The molecule has 1 heterocycles. The van der Waals surface area contributed by atoms with Crippen LogP contribution in [0.2, 0.25) is 0 Å². The topological polar surface area (TPSA) is 44.8 Å². The summed E-state index contributed by atoms with van der Waals surface area (Å²) in [5, 5.41) is 0. The molecule has 0 N–H and O–H groups in total. The van der Waals surface area contributed by atoms with Crippen LogP contribution in [0.1, 0.15) is 51.9 Å². The predicted molar refractivity (Wildman–Crippen MR) is 91.0 cm³/mol. The Balaban J connectivity index is 2.49. The van der Waals surface area contributed by atoms with E-state index < -0.39 is 18.3 Å². The van der Waals surface area contributed by atoms with Crippen LogP contribution in [0.15, 0.2) is 16.6 Å². The molecular weight excluding hydrogens is 347 g/mol. The van der Waals surface area contributed by atoms with Gasteiger partial charge in [-0.1, -0.05) is 0 Å². The first-order valence-electron chi connectivity index (χ1n) is 7.38. The van der Waals surface area contributed by atoms with E-state index in [1.165, 1.54) is 0 Å². The average Bonchev–Trinajstić information content (AvgIpc) is 2.60. The van der Waals surface area contributed by atoms with Crippen molar-refractivity contribution in [3.8, 4) is 5.75 Å². The molecule has 120 valence electrons. The molecule has 4 nitrogen and oxygen atoms in total. The number of benzene rings is 1. The Morgan fingerprint density at radius 1 is 1.18 bits per heavy atom. The van der Waals surface area contributed by atoms with Gasteiger partial charge in [-0.15, -0.1) is 0 Å². The summed E-state index contributed by atoms with van der Waals surface area (Å²) >= 11 is 3.48. The number of aldehydes is 1. The maximum atomic E-state index is 11.2. The molecule has 0 aromatic heterocycles. The minimum atomic E-state index is -0.574. The van der Waals surface area contributed by atoms with Crippen LogP contribution in [0.4, 0.5) is 0 Å². The minimum Gasteiger partial charge on any atom is -0.490 e. The van der Waals surface area contributed by atoms with E-state index >= 15 is 0 Å². The van der Waals surface area contributed by atoms with Crippen molar-refractivity contribution in [3.05, 3.63) is 22.2 Å². The van der Waals surface area contributed by atoms with Gasteiger partial charge in [0, 0.05) is 11.0 Å². The standard InChI is InChI=1S/C16H22BBrO4/c1-10(2)20-14-12(7-11(9-19)8-13(14)18)17-21-15(3,4)16(5,6)22-17/h7-10H,1-6H3. The molecule has 0 atom stereocenters. The molecule has 2 rings (SSSR count). The lowest BCUT2D eigenvalue weighted by atomic mass is 9.77. The number of hydrogen-bond donors (Lipinski definition) is 0. The van der Waals surface area contributed by atoms with Crippen LogP contribution in [0.25, 0.3) is 0 Å². The van der Waals surface area contributed by atoms with Crippen molar-refractivity contribution < 1.29 is 18.8 Å². The average molecular weight is 369 g/mol. The first kappa shape index (κ1) is 17.5. The van der Waals surface area contributed by atoms with Crippen molar-refractivity contribution in [1.29, 1.82) is 0 Å². The van der Waals surface area contributed by atoms with E-state index in [1.807, 2.05) is 41.5 Å². The number of rotatable bonds is 4. The SMILES string of the molecule is CC(C)Oc1c(Br)cc(C=O)cc1B1OC(C)(C)C(C)(C)O1. The third kappa shape index (κ3) is 3.24. The number of carbonyl (C=O) groups is 1. The monoisotopic (exact) mass is 368 g/mol. The number of hydrogen-bond acceptors (Lipinski definition) is 4. The smallest absolute Gasteiger partial charge is 0.490 e. The van der Waals surface area contributed by atoms with E-state index in [1.54, 1.807) is 12.1 Å². The van der Waals surface area contributed by atoms with Gasteiger partial charge in [0.15, 0.2) is 0 Å². The number of ether oxygens (including phenoxy) is 1. The Labute approximate surface area is 140 Å². The molecular formula is C16H22BBrO4. The number of halogens is 1. The van der Waals surface area contributed by atoms with Crippen LogP contribution in [0.5, 0.6) is 5.75 Å². The highest BCUT2D eigenvalue weighted by Gasteiger charge is 2.52. The summed E-state index contributed by atoms with van der Waals surface area (Å²) in [6.45, 7) is 11.9. The van der Waals surface area contributed by atoms with E-state index in [2.05, 4.69) is 15.9 Å². The van der Waals surface area contributed by atoms with Crippen LogP contribution < -0.4 is 10.2 Å². The van der Waals surface area contributed by atoms with Crippen LogP contribution >= 0.6 is 15.9 Å². The fourth-order valence-corrected chi connectivity index (χ4v) is 2.80. The van der Waals surface area contributed by atoms with Gasteiger partial charge >= 0.3 is 7.12 Å². The summed E-state index contributed by atoms with van der Waals surface area (Å²) in [4.78, 5) is 11.2. The molecule has 0 amide bonds. The van der Waals surface area contributed by atoms with Crippen molar-refractivity contribution in [2.45, 2.75) is 58.8 Å². The molecule has 1 saturated heterocycles. The Bertz CT molecular complexity index is 568. The fourth-order valence-electron chi connectivity index (χ4n) is 2.21. The Kier molecular flexibility index (Phi) is 4.76. The second kappa shape index (κ2) is 5.98. The molecule has 1 aromatic carbocycles. The van der Waals surface area contributed by atoms with Gasteiger partial charge in [-0.2, -0.15) is 0 Å². The van der Waals surface area contributed by atoms with E-state index in [4.69, 9.17) is 14.0 Å². The molecule has 6 heteroatoms. The summed E-state index contributed by atoms with van der Waals surface area (Å²) in [5.74, 6) is 0.652. The fraction of sp³-hybridized carbons (Fsp3) is 0.562. The van der Waals surface area contributed by atoms with E-state index in [9.17, 15) is 4.79 Å². The minimum absolute atomic E-state index is 0.000412. The molecule has 0 unspecified atom stereocenters. The molecule has 0 spiro atoms. The molecule has 22 heavy (non-hydrogen) atoms.